The summed E-state index contributed by atoms with van der Waals surface area (Å²) in [4.78, 5) is 0.381. The number of thiophene rings is 1. The second-order valence-electron chi connectivity index (χ2n) is 4.88. The summed E-state index contributed by atoms with van der Waals surface area (Å²) in [6.45, 7) is 0.361. The predicted octanol–water partition coefficient (Wildman–Crippen LogP) is 0.765. The zero-order valence-corrected chi connectivity index (χ0v) is 11.2. The quantitative estimate of drug-likeness (QED) is 0.888. The first-order valence-corrected chi connectivity index (χ1v) is 7.94. The average molecular weight is 284 g/mol. The summed E-state index contributed by atoms with van der Waals surface area (Å²) >= 11 is 0.969. The van der Waals surface area contributed by atoms with Crippen molar-refractivity contribution in [3.63, 3.8) is 0 Å². The van der Waals surface area contributed by atoms with E-state index in [4.69, 9.17) is 5.26 Å². The molecule has 0 radical (unpaired) electrons. The van der Waals surface area contributed by atoms with Crippen LogP contribution in [0.5, 0.6) is 0 Å². The van der Waals surface area contributed by atoms with Crippen LogP contribution in [0, 0.1) is 17.2 Å². The second-order valence-corrected chi connectivity index (χ2v) is 8.13. The van der Waals surface area contributed by atoms with Crippen LogP contribution in [0.2, 0.25) is 0 Å². The molecule has 2 fully saturated rings. The molecule has 18 heavy (non-hydrogen) atoms. The van der Waals surface area contributed by atoms with Gasteiger partial charge >= 0.3 is 0 Å². The van der Waals surface area contributed by atoms with Gasteiger partial charge in [-0.2, -0.15) is 9.57 Å². The Morgan fingerprint density at radius 2 is 2.11 bits per heavy atom. The van der Waals surface area contributed by atoms with E-state index >= 15 is 0 Å². The summed E-state index contributed by atoms with van der Waals surface area (Å²) in [5, 5.41) is 18.8. The van der Waals surface area contributed by atoms with Gasteiger partial charge in [0.1, 0.15) is 15.2 Å². The van der Waals surface area contributed by atoms with Crippen LogP contribution in [-0.2, 0) is 10.0 Å². The molecule has 3 rings (SSSR count). The first-order valence-electron chi connectivity index (χ1n) is 5.68. The summed E-state index contributed by atoms with van der Waals surface area (Å²) in [5.74, 6) is 0.266. The second kappa shape index (κ2) is 3.78. The molecule has 5 nitrogen and oxygen atoms in total. The highest BCUT2D eigenvalue weighted by Gasteiger charge is 2.55. The highest BCUT2D eigenvalue weighted by atomic mass is 32.2. The summed E-state index contributed by atoms with van der Waals surface area (Å²) in [5.41, 5.74) is -0.817. The van der Waals surface area contributed by atoms with Gasteiger partial charge in [-0.25, -0.2) is 8.42 Å². The topological polar surface area (TPSA) is 81.4 Å². The van der Waals surface area contributed by atoms with Crippen molar-refractivity contribution in [1.29, 1.82) is 5.26 Å². The summed E-state index contributed by atoms with van der Waals surface area (Å²) < 4.78 is 25.8. The van der Waals surface area contributed by atoms with Gasteiger partial charge in [0.05, 0.1) is 5.60 Å². The molecule has 0 bridgehead atoms. The van der Waals surface area contributed by atoms with Crippen LogP contribution in [0.25, 0.3) is 0 Å². The van der Waals surface area contributed by atoms with E-state index < -0.39 is 15.6 Å². The summed E-state index contributed by atoms with van der Waals surface area (Å²) in [6.07, 6.45) is 1.98. The maximum Gasteiger partial charge on any atom is 0.252 e. The van der Waals surface area contributed by atoms with Crippen molar-refractivity contribution in [2.75, 3.05) is 13.1 Å². The minimum absolute atomic E-state index is 0.178. The van der Waals surface area contributed by atoms with Gasteiger partial charge in [0.15, 0.2) is 0 Å². The first-order chi connectivity index (χ1) is 8.45. The smallest absolute Gasteiger partial charge is 0.252 e. The Morgan fingerprint density at radius 1 is 1.44 bits per heavy atom. The van der Waals surface area contributed by atoms with Crippen molar-refractivity contribution in [3.8, 4) is 6.07 Å². The zero-order chi connectivity index (χ0) is 13.0. The Kier molecular flexibility index (Phi) is 2.54. The molecule has 1 saturated carbocycles. The average Bonchev–Trinajstić information content (AvgIpc) is 3.02. The van der Waals surface area contributed by atoms with Crippen molar-refractivity contribution in [2.45, 2.75) is 22.7 Å². The molecule has 96 valence electrons. The van der Waals surface area contributed by atoms with Gasteiger partial charge in [0.25, 0.3) is 10.0 Å². The molecule has 1 aliphatic heterocycles. The molecule has 1 N–H and O–H groups in total. The van der Waals surface area contributed by atoms with Crippen LogP contribution in [-0.4, -0.2) is 36.5 Å². The first kappa shape index (κ1) is 12.1. The van der Waals surface area contributed by atoms with Crippen molar-refractivity contribution in [3.05, 3.63) is 17.0 Å². The van der Waals surface area contributed by atoms with E-state index in [-0.39, 0.29) is 23.2 Å². The maximum absolute atomic E-state index is 12.2. The highest BCUT2D eigenvalue weighted by Crippen LogP contribution is 2.46. The third-order valence-corrected chi connectivity index (χ3v) is 6.77. The van der Waals surface area contributed by atoms with Gasteiger partial charge < -0.3 is 5.11 Å². The van der Waals surface area contributed by atoms with Crippen LogP contribution >= 0.6 is 11.3 Å². The lowest BCUT2D eigenvalue weighted by Crippen LogP contribution is -2.64. The fourth-order valence-electron chi connectivity index (χ4n) is 2.26. The SMILES string of the molecule is N#Cc1ccc(S(=O)(=O)N2CC(O)(C3CC3)C2)s1. The fourth-order valence-corrected chi connectivity index (χ4v) is 5.08. The molecular weight excluding hydrogens is 272 g/mol. The minimum Gasteiger partial charge on any atom is -0.387 e. The molecule has 2 aliphatic rings. The monoisotopic (exact) mass is 284 g/mol. The molecule has 0 aromatic carbocycles. The number of aliphatic hydroxyl groups is 1. The number of nitrogens with zero attached hydrogens (tertiary/aromatic N) is 2. The number of β-amino-alcohol motifs (C(OH)–C–C–N with tert-alkyl or cyclic N) is 1. The van der Waals surface area contributed by atoms with Crippen molar-refractivity contribution in [2.24, 2.45) is 5.92 Å². The molecule has 0 atom stereocenters. The Morgan fingerprint density at radius 3 is 2.61 bits per heavy atom. The summed E-state index contributed by atoms with van der Waals surface area (Å²) in [7, 11) is -3.53. The third kappa shape index (κ3) is 1.77. The highest BCUT2D eigenvalue weighted by molar-refractivity contribution is 7.91. The predicted molar refractivity (Wildman–Crippen MR) is 65.5 cm³/mol. The van der Waals surface area contributed by atoms with E-state index in [9.17, 15) is 13.5 Å². The normalized spacial score (nSPS) is 23.3. The number of sulfonamides is 1. The van der Waals surface area contributed by atoms with E-state index in [1.807, 2.05) is 6.07 Å². The van der Waals surface area contributed by atoms with E-state index in [2.05, 4.69) is 0 Å². The van der Waals surface area contributed by atoms with E-state index in [1.54, 1.807) is 0 Å². The van der Waals surface area contributed by atoms with Crippen molar-refractivity contribution < 1.29 is 13.5 Å². The Hall–Kier alpha value is -0.940. The van der Waals surface area contributed by atoms with E-state index in [1.165, 1.54) is 16.4 Å². The van der Waals surface area contributed by atoms with Gasteiger partial charge in [0, 0.05) is 13.1 Å². The number of nitriles is 1. The Balaban J connectivity index is 1.78. The van der Waals surface area contributed by atoms with Gasteiger partial charge in [-0.3, -0.25) is 0 Å². The molecule has 0 unspecified atom stereocenters. The standard InChI is InChI=1S/C11H12N2O3S2/c12-5-9-3-4-10(17-9)18(15,16)13-6-11(14,7-13)8-1-2-8/h3-4,8,14H,1-2,6-7H2. The third-order valence-electron chi connectivity index (χ3n) is 3.52. The Labute approximate surface area is 109 Å². The molecule has 7 heteroatoms. The fraction of sp³-hybridized carbons (Fsp3) is 0.545. The van der Waals surface area contributed by atoms with Crippen LogP contribution in [0.4, 0.5) is 0 Å². The van der Waals surface area contributed by atoms with Crippen LogP contribution in [0.15, 0.2) is 16.3 Å². The van der Waals surface area contributed by atoms with Crippen molar-refractivity contribution in [1.82, 2.24) is 4.31 Å². The lowest BCUT2D eigenvalue weighted by molar-refractivity contribution is -0.0764. The van der Waals surface area contributed by atoms with Crippen LogP contribution in [0.3, 0.4) is 0 Å². The number of hydrogen-bond acceptors (Lipinski definition) is 5. The van der Waals surface area contributed by atoms with Gasteiger partial charge in [0.2, 0.25) is 0 Å². The van der Waals surface area contributed by atoms with Crippen molar-refractivity contribution >= 4 is 21.4 Å². The molecule has 0 amide bonds. The van der Waals surface area contributed by atoms with E-state index in [0.717, 1.165) is 24.2 Å². The molecule has 0 spiro atoms. The summed E-state index contributed by atoms with van der Waals surface area (Å²) in [6, 6.07) is 4.88. The molecule has 1 saturated heterocycles. The lowest BCUT2D eigenvalue weighted by atomic mass is 9.91. The molecular formula is C11H12N2O3S2. The Bertz CT molecular complexity index is 619. The molecule has 2 heterocycles. The van der Waals surface area contributed by atoms with Crippen LogP contribution < -0.4 is 0 Å². The van der Waals surface area contributed by atoms with Crippen LogP contribution in [0.1, 0.15) is 17.7 Å². The van der Waals surface area contributed by atoms with Gasteiger partial charge in [-0.05, 0) is 30.9 Å². The molecule has 1 aromatic heterocycles. The molecule has 1 aliphatic carbocycles. The maximum atomic E-state index is 12.2. The number of hydrogen-bond donors (Lipinski definition) is 1. The van der Waals surface area contributed by atoms with Gasteiger partial charge in [-0.1, -0.05) is 0 Å². The number of rotatable bonds is 3. The van der Waals surface area contributed by atoms with E-state index in [0.29, 0.717) is 4.88 Å². The minimum atomic E-state index is -3.53. The molecule has 1 aromatic rings. The zero-order valence-electron chi connectivity index (χ0n) is 9.54. The van der Waals surface area contributed by atoms with Gasteiger partial charge in [-0.15, -0.1) is 11.3 Å². The lowest BCUT2D eigenvalue weighted by Gasteiger charge is -2.45. The largest absolute Gasteiger partial charge is 0.387 e.